The second-order valence-electron chi connectivity index (χ2n) is 5.68. The minimum atomic E-state index is -0.945. The Morgan fingerprint density at radius 3 is 2.47 bits per heavy atom. The summed E-state index contributed by atoms with van der Waals surface area (Å²) in [4.78, 5) is 16.0. The van der Waals surface area contributed by atoms with Crippen molar-refractivity contribution in [2.45, 2.75) is 33.1 Å². The molecule has 1 aromatic carbocycles. The number of rotatable bonds is 1. The summed E-state index contributed by atoms with van der Waals surface area (Å²) in [5, 5.41) is 10.6. The summed E-state index contributed by atoms with van der Waals surface area (Å²) in [6, 6.07) is 5.08. The highest BCUT2D eigenvalue weighted by Crippen LogP contribution is 2.30. The van der Waals surface area contributed by atoms with Gasteiger partial charge in [-0.15, -0.1) is 0 Å². The SMILES string of the molecule is Cc1c(Cl)ccc2c(C(=O)O)cc(C(C)(C)C)nc12. The summed E-state index contributed by atoms with van der Waals surface area (Å²) in [6.45, 7) is 7.88. The van der Waals surface area contributed by atoms with Crippen molar-refractivity contribution in [3.8, 4) is 0 Å². The van der Waals surface area contributed by atoms with Crippen molar-refractivity contribution < 1.29 is 9.90 Å². The lowest BCUT2D eigenvalue weighted by atomic mass is 9.89. The minimum absolute atomic E-state index is 0.215. The number of carboxylic acid groups (broad SMARTS) is 1. The Balaban J connectivity index is 2.92. The lowest BCUT2D eigenvalue weighted by Gasteiger charge is -2.20. The highest BCUT2D eigenvalue weighted by molar-refractivity contribution is 6.32. The van der Waals surface area contributed by atoms with Crippen LogP contribution in [0.25, 0.3) is 10.9 Å². The lowest BCUT2D eigenvalue weighted by molar-refractivity contribution is 0.0699. The Morgan fingerprint density at radius 1 is 1.32 bits per heavy atom. The first kappa shape index (κ1) is 13.8. The number of aromatic nitrogens is 1. The zero-order chi connectivity index (χ0) is 14.4. The van der Waals surface area contributed by atoms with Crippen molar-refractivity contribution in [3.63, 3.8) is 0 Å². The molecule has 0 aliphatic rings. The number of pyridine rings is 1. The van der Waals surface area contributed by atoms with E-state index in [9.17, 15) is 9.90 Å². The molecule has 2 rings (SSSR count). The lowest BCUT2D eigenvalue weighted by Crippen LogP contribution is -2.15. The second-order valence-corrected chi connectivity index (χ2v) is 6.09. The fourth-order valence-electron chi connectivity index (χ4n) is 1.97. The molecule has 0 atom stereocenters. The number of carbonyl (C=O) groups is 1. The molecule has 1 aromatic heterocycles. The van der Waals surface area contributed by atoms with Crippen molar-refractivity contribution in [1.29, 1.82) is 0 Å². The van der Waals surface area contributed by atoms with Crippen LogP contribution in [-0.2, 0) is 5.41 Å². The van der Waals surface area contributed by atoms with Gasteiger partial charge in [0.1, 0.15) is 0 Å². The van der Waals surface area contributed by atoms with E-state index in [0.29, 0.717) is 15.9 Å². The smallest absolute Gasteiger partial charge is 0.336 e. The molecule has 1 N–H and O–H groups in total. The molecule has 19 heavy (non-hydrogen) atoms. The van der Waals surface area contributed by atoms with Crippen LogP contribution >= 0.6 is 11.6 Å². The number of nitrogens with zero attached hydrogens (tertiary/aromatic N) is 1. The quantitative estimate of drug-likeness (QED) is 0.850. The number of hydrogen-bond donors (Lipinski definition) is 1. The fourth-order valence-corrected chi connectivity index (χ4v) is 2.12. The van der Waals surface area contributed by atoms with Gasteiger partial charge in [-0.1, -0.05) is 38.4 Å². The molecule has 0 radical (unpaired) electrons. The normalized spacial score (nSPS) is 11.8. The van der Waals surface area contributed by atoms with Crippen LogP contribution in [0.5, 0.6) is 0 Å². The molecule has 4 heteroatoms. The van der Waals surface area contributed by atoms with Crippen molar-refractivity contribution in [2.24, 2.45) is 0 Å². The maximum atomic E-state index is 11.4. The largest absolute Gasteiger partial charge is 0.478 e. The van der Waals surface area contributed by atoms with Gasteiger partial charge < -0.3 is 5.11 Å². The van der Waals surface area contributed by atoms with Gasteiger partial charge in [0.2, 0.25) is 0 Å². The van der Waals surface area contributed by atoms with Gasteiger partial charge in [-0.2, -0.15) is 0 Å². The van der Waals surface area contributed by atoms with Gasteiger partial charge in [0.25, 0.3) is 0 Å². The van der Waals surface area contributed by atoms with Crippen molar-refractivity contribution in [3.05, 3.63) is 40.0 Å². The van der Waals surface area contributed by atoms with Gasteiger partial charge in [0, 0.05) is 21.5 Å². The number of benzene rings is 1. The van der Waals surface area contributed by atoms with E-state index < -0.39 is 5.97 Å². The zero-order valence-electron chi connectivity index (χ0n) is 11.4. The van der Waals surface area contributed by atoms with E-state index in [4.69, 9.17) is 11.6 Å². The average molecular weight is 278 g/mol. The summed E-state index contributed by atoms with van der Waals surface area (Å²) in [7, 11) is 0. The van der Waals surface area contributed by atoms with Crippen LogP contribution in [0, 0.1) is 6.92 Å². The predicted octanol–water partition coefficient (Wildman–Crippen LogP) is 4.19. The fraction of sp³-hybridized carbons (Fsp3) is 0.333. The van der Waals surface area contributed by atoms with Crippen LogP contribution in [0.2, 0.25) is 5.02 Å². The molecule has 0 spiro atoms. The molecule has 0 saturated heterocycles. The Labute approximate surface area is 117 Å². The molecule has 0 amide bonds. The number of hydrogen-bond acceptors (Lipinski definition) is 2. The molecule has 0 aliphatic carbocycles. The van der Waals surface area contributed by atoms with Crippen LogP contribution in [0.3, 0.4) is 0 Å². The number of carboxylic acids is 1. The third-order valence-corrected chi connectivity index (χ3v) is 3.58. The first-order valence-corrected chi connectivity index (χ1v) is 6.43. The standard InChI is InChI=1S/C15H16ClNO2/c1-8-11(16)6-5-9-10(14(18)19)7-12(15(2,3)4)17-13(8)9/h5-7H,1-4H3,(H,18,19). The minimum Gasteiger partial charge on any atom is -0.478 e. The number of aryl methyl sites for hydroxylation is 1. The second kappa shape index (κ2) is 4.49. The maximum Gasteiger partial charge on any atom is 0.336 e. The summed E-state index contributed by atoms with van der Waals surface area (Å²) in [5.41, 5.74) is 2.29. The topological polar surface area (TPSA) is 50.2 Å². The average Bonchev–Trinajstić information content (AvgIpc) is 2.31. The van der Waals surface area contributed by atoms with Crippen LogP contribution in [0.4, 0.5) is 0 Å². The maximum absolute atomic E-state index is 11.4. The van der Waals surface area contributed by atoms with Crippen molar-refractivity contribution in [1.82, 2.24) is 4.98 Å². The van der Waals surface area contributed by atoms with Gasteiger partial charge in [-0.25, -0.2) is 4.79 Å². The van der Waals surface area contributed by atoms with E-state index in [-0.39, 0.29) is 11.0 Å². The van der Waals surface area contributed by atoms with Crippen LogP contribution in [0.15, 0.2) is 18.2 Å². The molecule has 2 aromatic rings. The predicted molar refractivity (Wildman–Crippen MR) is 77.1 cm³/mol. The Hall–Kier alpha value is -1.61. The van der Waals surface area contributed by atoms with E-state index in [1.165, 1.54) is 0 Å². The van der Waals surface area contributed by atoms with Crippen molar-refractivity contribution in [2.75, 3.05) is 0 Å². The first-order valence-electron chi connectivity index (χ1n) is 6.05. The third kappa shape index (κ3) is 2.43. The molecule has 0 saturated carbocycles. The molecular formula is C15H16ClNO2. The summed E-state index contributed by atoms with van der Waals surface area (Å²) >= 11 is 6.10. The molecule has 0 aliphatic heterocycles. The van der Waals surface area contributed by atoms with E-state index in [2.05, 4.69) is 4.98 Å². The van der Waals surface area contributed by atoms with Gasteiger partial charge >= 0.3 is 5.97 Å². The van der Waals surface area contributed by atoms with E-state index in [1.807, 2.05) is 27.7 Å². The molecular weight excluding hydrogens is 262 g/mol. The molecule has 0 unspecified atom stereocenters. The number of aromatic carboxylic acids is 1. The highest BCUT2D eigenvalue weighted by Gasteiger charge is 2.21. The molecule has 3 nitrogen and oxygen atoms in total. The van der Waals surface area contributed by atoms with Gasteiger partial charge in [0.05, 0.1) is 11.1 Å². The number of halogens is 1. The number of fused-ring (bicyclic) bond motifs is 1. The van der Waals surface area contributed by atoms with Gasteiger partial charge in [-0.05, 0) is 24.6 Å². The monoisotopic (exact) mass is 277 g/mol. The first-order chi connectivity index (χ1) is 8.71. The highest BCUT2D eigenvalue weighted by atomic mass is 35.5. The summed E-state index contributed by atoms with van der Waals surface area (Å²) in [6.07, 6.45) is 0. The van der Waals surface area contributed by atoms with Crippen LogP contribution in [0.1, 0.15) is 42.4 Å². The van der Waals surface area contributed by atoms with E-state index in [1.54, 1.807) is 18.2 Å². The Bertz CT molecular complexity index is 672. The third-order valence-electron chi connectivity index (χ3n) is 3.17. The molecule has 100 valence electrons. The molecule has 0 bridgehead atoms. The summed E-state index contributed by atoms with van der Waals surface area (Å²) < 4.78 is 0. The molecule has 1 heterocycles. The van der Waals surface area contributed by atoms with Crippen LogP contribution < -0.4 is 0 Å². The van der Waals surface area contributed by atoms with Crippen LogP contribution in [-0.4, -0.2) is 16.1 Å². The van der Waals surface area contributed by atoms with E-state index in [0.717, 1.165) is 11.3 Å². The zero-order valence-corrected chi connectivity index (χ0v) is 12.2. The Kier molecular flexibility index (Phi) is 3.27. The Morgan fingerprint density at radius 2 is 1.95 bits per heavy atom. The summed E-state index contributed by atoms with van der Waals surface area (Å²) in [5.74, 6) is -0.945. The van der Waals surface area contributed by atoms with Gasteiger partial charge in [0.15, 0.2) is 0 Å². The van der Waals surface area contributed by atoms with Gasteiger partial charge in [-0.3, -0.25) is 4.98 Å². The van der Waals surface area contributed by atoms with E-state index >= 15 is 0 Å². The molecule has 0 fully saturated rings. The van der Waals surface area contributed by atoms with Crippen molar-refractivity contribution >= 4 is 28.5 Å².